The predicted molar refractivity (Wildman–Crippen MR) is 148 cm³/mol. The number of hydrogen-bond donors (Lipinski definition) is 3. The molecule has 0 bridgehead atoms. The molecule has 0 saturated carbocycles. The van der Waals surface area contributed by atoms with Gasteiger partial charge >= 0.3 is 0 Å². The minimum absolute atomic E-state index is 0.0358. The second-order valence-electron chi connectivity index (χ2n) is 9.87. The molecule has 2 fully saturated rings. The number of rotatable bonds is 11. The number of ketones is 1. The molecule has 11 nitrogen and oxygen atoms in total. The van der Waals surface area contributed by atoms with Crippen LogP contribution in [0.15, 0.2) is 46.9 Å². The minimum Gasteiger partial charge on any atom is -0.370 e. The van der Waals surface area contributed by atoms with E-state index < -0.39 is 12.1 Å². The highest BCUT2D eigenvalue weighted by Crippen LogP contribution is 2.28. The Bertz CT molecular complexity index is 1180. The fraction of sp³-hybridized carbons (Fsp3) is 0.481. The number of nitrogens with one attached hydrogen (secondary N) is 1. The molecule has 3 heterocycles. The molecule has 3 atom stereocenters. The first-order valence-electron chi connectivity index (χ1n) is 13.3. The quantitative estimate of drug-likeness (QED) is 0.162. The van der Waals surface area contributed by atoms with Crippen molar-refractivity contribution < 1.29 is 19.2 Å². The fourth-order valence-corrected chi connectivity index (χ4v) is 5.87. The number of carbonyl (C=O) groups excluding carboxylic acids is 4. The van der Waals surface area contributed by atoms with Gasteiger partial charge in [0.25, 0.3) is 0 Å². The van der Waals surface area contributed by atoms with Gasteiger partial charge < -0.3 is 26.6 Å². The van der Waals surface area contributed by atoms with E-state index in [9.17, 15) is 19.2 Å². The molecule has 1 aromatic heterocycles. The number of thiazole rings is 1. The lowest BCUT2D eigenvalue weighted by atomic mass is 9.92. The Morgan fingerprint density at radius 3 is 2.69 bits per heavy atom. The summed E-state index contributed by atoms with van der Waals surface area (Å²) >= 11 is 1.21. The first-order chi connectivity index (χ1) is 18.8. The zero-order valence-electron chi connectivity index (χ0n) is 21.8. The van der Waals surface area contributed by atoms with Crippen LogP contribution in [0.4, 0.5) is 0 Å². The Labute approximate surface area is 231 Å². The summed E-state index contributed by atoms with van der Waals surface area (Å²) in [6.07, 6.45) is 5.26. The monoisotopic (exact) mass is 553 g/mol. The number of benzene rings is 1. The molecule has 1 aromatic carbocycles. The van der Waals surface area contributed by atoms with E-state index >= 15 is 0 Å². The normalized spacial score (nSPS) is 19.6. The molecule has 1 unspecified atom stereocenters. The van der Waals surface area contributed by atoms with E-state index in [2.05, 4.69) is 15.3 Å². The summed E-state index contributed by atoms with van der Waals surface area (Å²) in [7, 11) is 0. The van der Waals surface area contributed by atoms with Gasteiger partial charge in [0, 0.05) is 31.1 Å². The zero-order chi connectivity index (χ0) is 27.8. The molecule has 208 valence electrons. The molecule has 3 amide bonds. The number of aryl methyl sites for hydroxylation is 1. The third-order valence-electron chi connectivity index (χ3n) is 7.14. The van der Waals surface area contributed by atoms with Gasteiger partial charge in [0.05, 0.1) is 18.6 Å². The van der Waals surface area contributed by atoms with Crippen LogP contribution in [0.1, 0.15) is 53.9 Å². The lowest BCUT2D eigenvalue weighted by molar-refractivity contribution is -0.157. The van der Waals surface area contributed by atoms with E-state index in [4.69, 9.17) is 11.5 Å². The Hall–Kier alpha value is -3.80. The van der Waals surface area contributed by atoms with Crippen molar-refractivity contribution in [2.24, 2.45) is 16.5 Å². The average molecular weight is 554 g/mol. The number of piperazine rings is 1. The number of guanidine groups is 1. The van der Waals surface area contributed by atoms with Gasteiger partial charge in [-0.15, -0.1) is 11.3 Å². The summed E-state index contributed by atoms with van der Waals surface area (Å²) in [6.45, 7) is 0.682. The maximum absolute atomic E-state index is 13.5. The second kappa shape index (κ2) is 13.3. The van der Waals surface area contributed by atoms with Crippen molar-refractivity contribution in [3.05, 3.63) is 52.5 Å². The predicted octanol–water partition coefficient (Wildman–Crippen LogP) is 1.09. The lowest BCUT2D eigenvalue weighted by Crippen LogP contribution is -2.65. The summed E-state index contributed by atoms with van der Waals surface area (Å²) in [5.41, 5.74) is 11.9. The van der Waals surface area contributed by atoms with Gasteiger partial charge in [-0.3, -0.25) is 24.2 Å². The SMILES string of the molecule is NC(N)=NCCCC(NC(=O)[C@@H]1CCC[C@H]2CN(C(=O)CCc3ccccc3)CC(=O)N21)C(=O)c1nccs1. The molecule has 2 aromatic rings. The van der Waals surface area contributed by atoms with Crippen molar-refractivity contribution in [1.82, 2.24) is 20.1 Å². The number of Topliss-reactive ketones (excluding diaryl/α,β-unsaturated/α-hetero) is 1. The number of carbonyl (C=O) groups is 4. The maximum atomic E-state index is 13.5. The van der Waals surface area contributed by atoms with Crippen LogP contribution in [0, 0.1) is 0 Å². The molecule has 2 aliphatic rings. The van der Waals surface area contributed by atoms with Crippen LogP contribution in [0.3, 0.4) is 0 Å². The number of nitrogens with two attached hydrogens (primary N) is 2. The van der Waals surface area contributed by atoms with Gasteiger partial charge in [-0.25, -0.2) is 4.98 Å². The lowest BCUT2D eigenvalue weighted by Gasteiger charge is -2.47. The molecule has 0 spiro atoms. The van der Waals surface area contributed by atoms with Gasteiger partial charge in [0.1, 0.15) is 6.04 Å². The standard InChI is InChI=1S/C27H35N7O4S/c28-27(29)31-13-5-9-20(24(37)26-30-14-15-39-26)32-25(38)21-10-4-8-19-16-33(17-23(36)34(19)21)22(35)12-11-18-6-2-1-3-7-18/h1-3,6-7,14-15,19-21H,4-5,8-13,16-17H2,(H,32,38)(H4,28,29,31)/t19-,20?,21-/m0/s1. The fourth-order valence-electron chi connectivity index (χ4n) is 5.24. The number of hydrogen-bond acceptors (Lipinski definition) is 7. The highest BCUT2D eigenvalue weighted by atomic mass is 32.1. The number of aliphatic imine (C=N–C) groups is 1. The minimum atomic E-state index is -0.811. The van der Waals surface area contributed by atoms with E-state index in [0.29, 0.717) is 50.2 Å². The number of fused-ring (bicyclic) bond motifs is 1. The van der Waals surface area contributed by atoms with Crippen LogP contribution < -0.4 is 16.8 Å². The van der Waals surface area contributed by atoms with Crippen LogP contribution in [-0.2, 0) is 20.8 Å². The molecule has 0 radical (unpaired) electrons. The van der Waals surface area contributed by atoms with Gasteiger partial charge in [-0.1, -0.05) is 30.3 Å². The summed E-state index contributed by atoms with van der Waals surface area (Å²) in [6, 6.07) is 8.04. The second-order valence-corrected chi connectivity index (χ2v) is 10.8. The first kappa shape index (κ1) is 28.2. The smallest absolute Gasteiger partial charge is 0.243 e. The molecular weight excluding hydrogens is 518 g/mol. The Balaban J connectivity index is 1.39. The molecular formula is C27H35N7O4S. The van der Waals surface area contributed by atoms with Crippen molar-refractivity contribution >= 4 is 40.8 Å². The molecule has 5 N–H and O–H groups in total. The highest BCUT2D eigenvalue weighted by Gasteiger charge is 2.43. The van der Waals surface area contributed by atoms with E-state index in [1.165, 1.54) is 11.3 Å². The van der Waals surface area contributed by atoms with Gasteiger partial charge in [-0.2, -0.15) is 0 Å². The molecule has 39 heavy (non-hydrogen) atoms. The van der Waals surface area contributed by atoms with Gasteiger partial charge in [0.15, 0.2) is 11.0 Å². The maximum Gasteiger partial charge on any atom is 0.243 e. The molecule has 2 aliphatic heterocycles. The summed E-state index contributed by atoms with van der Waals surface area (Å²) < 4.78 is 0. The third-order valence-corrected chi connectivity index (χ3v) is 7.92. The van der Waals surface area contributed by atoms with Crippen LogP contribution in [0.2, 0.25) is 0 Å². The molecule has 0 aliphatic carbocycles. The number of aromatic nitrogens is 1. The Morgan fingerprint density at radius 2 is 1.97 bits per heavy atom. The molecule has 2 saturated heterocycles. The van der Waals surface area contributed by atoms with E-state index in [1.807, 2.05) is 30.3 Å². The van der Waals surface area contributed by atoms with Crippen molar-refractivity contribution in [3.8, 4) is 0 Å². The largest absolute Gasteiger partial charge is 0.370 e. The average Bonchev–Trinajstić information content (AvgIpc) is 3.48. The summed E-state index contributed by atoms with van der Waals surface area (Å²) in [5, 5.41) is 4.89. The number of amides is 3. The highest BCUT2D eigenvalue weighted by molar-refractivity contribution is 7.11. The summed E-state index contributed by atoms with van der Waals surface area (Å²) in [5.74, 6) is -0.987. The summed E-state index contributed by atoms with van der Waals surface area (Å²) in [4.78, 5) is 64.0. The van der Waals surface area contributed by atoms with Crippen molar-refractivity contribution in [1.29, 1.82) is 0 Å². The van der Waals surface area contributed by atoms with Crippen molar-refractivity contribution in [3.63, 3.8) is 0 Å². The van der Waals surface area contributed by atoms with E-state index in [-0.39, 0.29) is 42.1 Å². The van der Waals surface area contributed by atoms with Gasteiger partial charge in [0.2, 0.25) is 23.5 Å². The van der Waals surface area contributed by atoms with Crippen molar-refractivity contribution in [2.75, 3.05) is 19.6 Å². The van der Waals surface area contributed by atoms with Crippen LogP contribution >= 0.6 is 11.3 Å². The topological polar surface area (TPSA) is 164 Å². The molecule has 4 rings (SSSR count). The van der Waals surface area contributed by atoms with E-state index in [1.54, 1.807) is 21.4 Å². The van der Waals surface area contributed by atoms with Crippen LogP contribution in [0.5, 0.6) is 0 Å². The first-order valence-corrected chi connectivity index (χ1v) is 14.1. The van der Waals surface area contributed by atoms with Crippen LogP contribution in [-0.4, -0.2) is 82.0 Å². The third kappa shape index (κ3) is 7.41. The zero-order valence-corrected chi connectivity index (χ0v) is 22.6. The van der Waals surface area contributed by atoms with Crippen molar-refractivity contribution in [2.45, 2.75) is 63.1 Å². The van der Waals surface area contributed by atoms with E-state index in [0.717, 1.165) is 18.4 Å². The molecule has 12 heteroatoms. The van der Waals surface area contributed by atoms with Gasteiger partial charge in [-0.05, 0) is 44.1 Å². The number of piperidine rings is 1. The Kier molecular flexibility index (Phi) is 9.64. The van der Waals surface area contributed by atoms with Crippen LogP contribution in [0.25, 0.3) is 0 Å². The number of nitrogens with zero attached hydrogens (tertiary/aromatic N) is 4. The Morgan fingerprint density at radius 1 is 1.18 bits per heavy atom.